The second-order valence-electron chi connectivity index (χ2n) is 2.77. The Morgan fingerprint density at radius 3 is 3.30 bits per heavy atom. The van der Waals surface area contributed by atoms with Crippen LogP contribution >= 0.6 is 0 Å². The van der Waals surface area contributed by atoms with E-state index in [1.807, 2.05) is 6.20 Å². The Hall–Kier alpha value is -0.760. The molecule has 0 fully saturated rings. The van der Waals surface area contributed by atoms with Crippen molar-refractivity contribution in [2.45, 2.75) is 18.5 Å². The summed E-state index contributed by atoms with van der Waals surface area (Å²) in [7, 11) is 0. The van der Waals surface area contributed by atoms with Gasteiger partial charge in [0.1, 0.15) is 0 Å². The van der Waals surface area contributed by atoms with Gasteiger partial charge in [0.05, 0.1) is 0 Å². The van der Waals surface area contributed by atoms with Crippen molar-refractivity contribution in [2.75, 3.05) is 6.54 Å². The van der Waals surface area contributed by atoms with E-state index in [1.165, 1.54) is 0 Å². The number of nitrogens with one attached hydrogen (secondary N) is 2. The topological polar surface area (TPSA) is 24.1 Å². The lowest BCUT2D eigenvalue weighted by Gasteiger charge is -2.16. The van der Waals surface area contributed by atoms with E-state index in [1.54, 1.807) is 0 Å². The largest absolute Gasteiger partial charge is 0.386 e. The van der Waals surface area contributed by atoms with Crippen LogP contribution in [0.3, 0.4) is 0 Å². The van der Waals surface area contributed by atoms with E-state index in [2.05, 4.69) is 28.9 Å². The van der Waals surface area contributed by atoms with Crippen LogP contribution in [0.5, 0.6) is 0 Å². The summed E-state index contributed by atoms with van der Waals surface area (Å²) >= 11 is 0. The predicted octanol–water partition coefficient (Wildman–Crippen LogP) is 0.390. The highest BCUT2D eigenvalue weighted by Crippen LogP contribution is 2.09. The van der Waals surface area contributed by atoms with Gasteiger partial charge in [-0.05, 0) is 18.7 Å². The highest BCUT2D eigenvalue weighted by atomic mass is 15.0. The fraction of sp³-hybridized carbons (Fsp3) is 0.500. The summed E-state index contributed by atoms with van der Waals surface area (Å²) < 4.78 is 0. The molecule has 2 heteroatoms. The van der Waals surface area contributed by atoms with Gasteiger partial charge < -0.3 is 10.6 Å². The van der Waals surface area contributed by atoms with Gasteiger partial charge in [0.15, 0.2) is 0 Å². The van der Waals surface area contributed by atoms with Crippen molar-refractivity contribution in [1.29, 1.82) is 0 Å². The van der Waals surface area contributed by atoms with Crippen molar-refractivity contribution in [3.05, 3.63) is 24.4 Å². The Labute approximate surface area is 61.0 Å². The fourth-order valence-electron chi connectivity index (χ4n) is 1.48. The molecule has 2 nitrogen and oxygen atoms in total. The normalized spacial score (nSPS) is 36.8. The molecule has 0 amide bonds. The minimum absolute atomic E-state index is 0.551. The molecule has 10 heavy (non-hydrogen) atoms. The summed E-state index contributed by atoms with van der Waals surface area (Å²) in [5.41, 5.74) is 0. The molecule has 0 aliphatic carbocycles. The summed E-state index contributed by atoms with van der Waals surface area (Å²) in [5.74, 6) is 0. The highest BCUT2D eigenvalue weighted by Gasteiger charge is 2.20. The summed E-state index contributed by atoms with van der Waals surface area (Å²) in [6, 6.07) is 1.15. The second kappa shape index (κ2) is 2.46. The number of hydrogen-bond acceptors (Lipinski definition) is 2. The third kappa shape index (κ3) is 0.948. The molecule has 54 valence electrons. The Morgan fingerprint density at radius 1 is 1.30 bits per heavy atom. The van der Waals surface area contributed by atoms with Gasteiger partial charge in [-0.2, -0.15) is 0 Å². The van der Waals surface area contributed by atoms with Gasteiger partial charge in [-0.3, -0.25) is 0 Å². The molecule has 2 atom stereocenters. The van der Waals surface area contributed by atoms with Gasteiger partial charge in [0, 0.05) is 18.6 Å². The molecule has 2 N–H and O–H groups in total. The molecule has 2 aliphatic heterocycles. The van der Waals surface area contributed by atoms with Crippen molar-refractivity contribution in [2.24, 2.45) is 0 Å². The molecule has 0 aromatic carbocycles. The zero-order valence-corrected chi connectivity index (χ0v) is 5.88. The summed E-state index contributed by atoms with van der Waals surface area (Å²) in [4.78, 5) is 0. The Morgan fingerprint density at radius 2 is 2.30 bits per heavy atom. The molecule has 0 spiro atoms. The minimum Gasteiger partial charge on any atom is -0.386 e. The molecule has 0 saturated heterocycles. The number of hydrogen-bond donors (Lipinski definition) is 2. The lowest BCUT2D eigenvalue weighted by atomic mass is 10.1. The van der Waals surface area contributed by atoms with Gasteiger partial charge in [-0.25, -0.2) is 0 Å². The van der Waals surface area contributed by atoms with E-state index in [9.17, 15) is 0 Å². The molecule has 2 rings (SSSR count). The summed E-state index contributed by atoms with van der Waals surface area (Å²) in [6.45, 7) is 1.01. The van der Waals surface area contributed by atoms with Crippen LogP contribution in [0.25, 0.3) is 0 Å². The number of fused-ring (bicyclic) bond motifs is 1. The SMILES string of the molecule is C1=CCC2NC=CC2NC1. The average molecular weight is 136 g/mol. The number of rotatable bonds is 0. The van der Waals surface area contributed by atoms with E-state index in [-0.39, 0.29) is 0 Å². The maximum Gasteiger partial charge on any atom is 0.0480 e. The predicted molar refractivity (Wildman–Crippen MR) is 41.6 cm³/mol. The lowest BCUT2D eigenvalue weighted by molar-refractivity contribution is 0.510. The molecule has 2 heterocycles. The van der Waals surface area contributed by atoms with Crippen LogP contribution in [0, 0.1) is 0 Å². The fourth-order valence-corrected chi connectivity index (χ4v) is 1.48. The van der Waals surface area contributed by atoms with Crippen LogP contribution in [-0.2, 0) is 0 Å². The highest BCUT2D eigenvalue weighted by molar-refractivity contribution is 5.12. The van der Waals surface area contributed by atoms with E-state index in [0.29, 0.717) is 12.1 Å². The first-order chi connectivity index (χ1) is 4.97. The van der Waals surface area contributed by atoms with Gasteiger partial charge in [0.2, 0.25) is 0 Å². The minimum atomic E-state index is 0.551. The third-order valence-electron chi connectivity index (χ3n) is 2.08. The van der Waals surface area contributed by atoms with E-state index in [4.69, 9.17) is 0 Å². The molecular weight excluding hydrogens is 124 g/mol. The van der Waals surface area contributed by atoms with Crippen LogP contribution < -0.4 is 10.6 Å². The van der Waals surface area contributed by atoms with E-state index in [0.717, 1.165) is 13.0 Å². The first-order valence-corrected chi connectivity index (χ1v) is 3.78. The summed E-state index contributed by atoms with van der Waals surface area (Å²) in [5, 5.41) is 6.71. The van der Waals surface area contributed by atoms with Crippen molar-refractivity contribution < 1.29 is 0 Å². The van der Waals surface area contributed by atoms with Crippen LogP contribution in [0.15, 0.2) is 24.4 Å². The molecule has 0 aromatic heterocycles. The Balaban J connectivity index is 2.06. The molecule has 0 radical (unpaired) electrons. The van der Waals surface area contributed by atoms with Crippen LogP contribution in [0.1, 0.15) is 6.42 Å². The molecular formula is C8H12N2. The van der Waals surface area contributed by atoms with Crippen LogP contribution in [0.2, 0.25) is 0 Å². The quantitative estimate of drug-likeness (QED) is 0.471. The smallest absolute Gasteiger partial charge is 0.0480 e. The van der Waals surface area contributed by atoms with Gasteiger partial charge in [-0.15, -0.1) is 0 Å². The van der Waals surface area contributed by atoms with Gasteiger partial charge in [0.25, 0.3) is 0 Å². The Bertz CT molecular complexity index is 172. The Kier molecular flexibility index (Phi) is 1.47. The van der Waals surface area contributed by atoms with Crippen molar-refractivity contribution in [1.82, 2.24) is 10.6 Å². The van der Waals surface area contributed by atoms with E-state index < -0.39 is 0 Å². The first-order valence-electron chi connectivity index (χ1n) is 3.78. The van der Waals surface area contributed by atoms with Crippen molar-refractivity contribution in [3.8, 4) is 0 Å². The van der Waals surface area contributed by atoms with Crippen molar-refractivity contribution in [3.63, 3.8) is 0 Å². The molecule has 2 aliphatic rings. The standard InChI is InChI=1S/C8H12N2/c1-2-5-9-8-4-6-10-7(8)3-1/h1-2,4,6-10H,3,5H2. The maximum atomic E-state index is 3.41. The molecule has 0 bridgehead atoms. The average Bonchev–Trinajstić information content (AvgIpc) is 2.28. The summed E-state index contributed by atoms with van der Waals surface area (Å²) in [6.07, 6.45) is 9.80. The molecule has 0 saturated carbocycles. The van der Waals surface area contributed by atoms with Crippen LogP contribution in [-0.4, -0.2) is 18.6 Å². The monoisotopic (exact) mass is 136 g/mol. The zero-order chi connectivity index (χ0) is 6.81. The maximum absolute atomic E-state index is 3.41. The second-order valence-corrected chi connectivity index (χ2v) is 2.77. The lowest BCUT2D eigenvalue weighted by Crippen LogP contribution is -2.39. The molecule has 0 aromatic rings. The third-order valence-corrected chi connectivity index (χ3v) is 2.08. The molecule has 2 unspecified atom stereocenters. The first kappa shape index (κ1) is 5.98. The van der Waals surface area contributed by atoms with E-state index >= 15 is 0 Å². The van der Waals surface area contributed by atoms with Gasteiger partial charge in [-0.1, -0.05) is 12.2 Å². The van der Waals surface area contributed by atoms with Crippen molar-refractivity contribution >= 4 is 0 Å². The van der Waals surface area contributed by atoms with Crippen LogP contribution in [0.4, 0.5) is 0 Å². The zero-order valence-electron chi connectivity index (χ0n) is 5.88. The van der Waals surface area contributed by atoms with Gasteiger partial charge >= 0.3 is 0 Å².